The molecule has 0 radical (unpaired) electrons. The summed E-state index contributed by atoms with van der Waals surface area (Å²) in [6, 6.07) is 3.30. The van der Waals surface area contributed by atoms with E-state index in [1.165, 1.54) is 13.2 Å². The highest BCUT2D eigenvalue weighted by atomic mass is 16.7. The number of fused-ring (bicyclic) bond motifs is 2. The SMILES string of the molecule is COc1cc2c(=O)c3c(O)c([C@@H]4O[C@H](CO[C@@H]5OC[C@H](O)[C@H](O)[C@@H]5O)[C@@H](O)[C@H](O)[C@H]4O)c(O)cc3oc2cc1O. The summed E-state index contributed by atoms with van der Waals surface area (Å²) in [6.07, 6.45) is -14.7. The number of aromatic hydroxyl groups is 3. The van der Waals surface area contributed by atoms with E-state index in [2.05, 4.69) is 0 Å². The highest BCUT2D eigenvalue weighted by Crippen LogP contribution is 2.45. The van der Waals surface area contributed by atoms with Crippen LogP contribution in [0.15, 0.2) is 27.4 Å². The van der Waals surface area contributed by atoms with Crippen LogP contribution in [0.2, 0.25) is 0 Å². The maximum absolute atomic E-state index is 13.3. The number of phenolic OH excluding ortho intramolecular Hbond substituents is 3. The van der Waals surface area contributed by atoms with Gasteiger partial charge in [0.05, 0.1) is 31.3 Å². The minimum atomic E-state index is -1.90. The fourth-order valence-corrected chi connectivity index (χ4v) is 4.90. The first kappa shape index (κ1) is 28.3. The highest BCUT2D eigenvalue weighted by Gasteiger charge is 2.47. The summed E-state index contributed by atoms with van der Waals surface area (Å²) in [6.45, 7) is -0.931. The van der Waals surface area contributed by atoms with Crippen molar-refractivity contribution in [2.24, 2.45) is 0 Å². The van der Waals surface area contributed by atoms with Gasteiger partial charge >= 0.3 is 0 Å². The zero-order valence-electron chi connectivity index (χ0n) is 20.8. The molecule has 218 valence electrons. The Morgan fingerprint density at radius 1 is 0.875 bits per heavy atom. The molecule has 0 spiro atoms. The number of rotatable bonds is 5. The zero-order chi connectivity index (χ0) is 29.0. The Bertz CT molecular complexity index is 1470. The minimum Gasteiger partial charge on any atom is -0.507 e. The van der Waals surface area contributed by atoms with Crippen molar-refractivity contribution in [2.45, 2.75) is 55.1 Å². The van der Waals surface area contributed by atoms with Gasteiger partial charge in [-0.2, -0.15) is 0 Å². The lowest BCUT2D eigenvalue weighted by atomic mass is 9.89. The molecule has 0 aliphatic carbocycles. The standard InChI is InChI=1S/C25H28O15/c1-36-12-2-7-11(3-8(12)26)39-13-4-9(27)15(20(32)16(13)17(7)29)24-22(34)21(33)19(31)14(40-24)6-38-25-23(35)18(30)10(28)5-37-25/h2-4,10,14,18-19,21-28,30-35H,5-6H2,1H3/t10-,14+,18-,19+,21-,22+,23-,24-,25-/m0/s1. The first-order valence-corrected chi connectivity index (χ1v) is 12.1. The lowest BCUT2D eigenvalue weighted by Gasteiger charge is -2.42. The molecule has 9 atom stereocenters. The maximum Gasteiger partial charge on any atom is 0.204 e. The topological polar surface area (TPSA) is 249 Å². The summed E-state index contributed by atoms with van der Waals surface area (Å²) in [5, 5.41) is 92.6. The molecule has 2 fully saturated rings. The molecule has 0 unspecified atom stereocenters. The zero-order valence-corrected chi connectivity index (χ0v) is 20.8. The molecule has 5 rings (SSSR count). The number of hydrogen-bond acceptors (Lipinski definition) is 15. The van der Waals surface area contributed by atoms with Crippen molar-refractivity contribution in [3.8, 4) is 23.0 Å². The Morgan fingerprint density at radius 2 is 1.57 bits per heavy atom. The van der Waals surface area contributed by atoms with E-state index in [1.54, 1.807) is 0 Å². The number of aliphatic hydroxyl groups excluding tert-OH is 6. The number of ether oxygens (including phenoxy) is 4. The molecule has 40 heavy (non-hydrogen) atoms. The van der Waals surface area contributed by atoms with Crippen LogP contribution in [0.25, 0.3) is 21.9 Å². The summed E-state index contributed by atoms with van der Waals surface area (Å²) in [5.74, 6) is -1.90. The van der Waals surface area contributed by atoms with E-state index in [-0.39, 0.29) is 34.7 Å². The highest BCUT2D eigenvalue weighted by molar-refractivity contribution is 5.96. The summed E-state index contributed by atoms with van der Waals surface area (Å²) >= 11 is 0. The van der Waals surface area contributed by atoms with Crippen LogP contribution < -0.4 is 10.2 Å². The van der Waals surface area contributed by atoms with Crippen LogP contribution in [0, 0.1) is 0 Å². The lowest BCUT2D eigenvalue weighted by Crippen LogP contribution is -2.57. The van der Waals surface area contributed by atoms with Gasteiger partial charge in [-0.3, -0.25) is 4.79 Å². The van der Waals surface area contributed by atoms with Crippen molar-refractivity contribution in [1.29, 1.82) is 0 Å². The average molecular weight is 568 g/mol. The quantitative estimate of drug-likeness (QED) is 0.152. The smallest absolute Gasteiger partial charge is 0.204 e. The van der Waals surface area contributed by atoms with E-state index in [1.807, 2.05) is 0 Å². The van der Waals surface area contributed by atoms with Crippen molar-refractivity contribution in [1.82, 2.24) is 0 Å². The first-order chi connectivity index (χ1) is 18.9. The molecule has 1 aromatic heterocycles. The Balaban J connectivity index is 1.50. The summed E-state index contributed by atoms with van der Waals surface area (Å²) in [4.78, 5) is 13.3. The van der Waals surface area contributed by atoms with Crippen LogP contribution >= 0.6 is 0 Å². The van der Waals surface area contributed by atoms with E-state index in [9.17, 15) is 50.8 Å². The van der Waals surface area contributed by atoms with Crippen LogP contribution in [0.4, 0.5) is 0 Å². The monoisotopic (exact) mass is 568 g/mol. The second-order valence-electron chi connectivity index (χ2n) is 9.63. The maximum atomic E-state index is 13.3. The van der Waals surface area contributed by atoms with Gasteiger partial charge in [-0.1, -0.05) is 0 Å². The van der Waals surface area contributed by atoms with Gasteiger partial charge in [0.1, 0.15) is 76.9 Å². The molecule has 2 aliphatic rings. The third-order valence-electron chi connectivity index (χ3n) is 7.13. The molecule has 3 heterocycles. The van der Waals surface area contributed by atoms with Crippen LogP contribution in [-0.4, -0.2) is 115 Å². The van der Waals surface area contributed by atoms with E-state index in [0.717, 1.165) is 12.1 Å². The molecule has 9 N–H and O–H groups in total. The molecular weight excluding hydrogens is 540 g/mol. The van der Waals surface area contributed by atoms with E-state index in [4.69, 9.17) is 23.4 Å². The predicted octanol–water partition coefficient (Wildman–Crippen LogP) is -1.95. The van der Waals surface area contributed by atoms with E-state index in [0.29, 0.717) is 0 Å². The number of benzene rings is 2. The Kier molecular flexibility index (Phi) is 7.51. The van der Waals surface area contributed by atoms with Crippen LogP contribution in [0.1, 0.15) is 11.7 Å². The second-order valence-corrected chi connectivity index (χ2v) is 9.63. The van der Waals surface area contributed by atoms with E-state index >= 15 is 0 Å². The van der Waals surface area contributed by atoms with Crippen molar-refractivity contribution >= 4 is 21.9 Å². The van der Waals surface area contributed by atoms with E-state index < -0.39 is 89.6 Å². The third-order valence-corrected chi connectivity index (χ3v) is 7.13. The number of phenols is 3. The van der Waals surface area contributed by atoms with Crippen molar-refractivity contribution < 1.29 is 69.3 Å². The largest absolute Gasteiger partial charge is 0.507 e. The molecule has 2 aromatic carbocycles. The van der Waals surface area contributed by atoms with Crippen LogP contribution in [0.5, 0.6) is 23.0 Å². The normalized spacial score (nSPS) is 32.9. The number of aliphatic hydroxyl groups is 6. The van der Waals surface area contributed by atoms with Crippen LogP contribution in [0.3, 0.4) is 0 Å². The van der Waals surface area contributed by atoms with Gasteiger partial charge in [0.25, 0.3) is 0 Å². The molecular formula is C25H28O15. The summed E-state index contributed by atoms with van der Waals surface area (Å²) in [5.41, 5.74) is -1.61. The average Bonchev–Trinajstić information content (AvgIpc) is 2.91. The number of methoxy groups -OCH3 is 1. The summed E-state index contributed by atoms with van der Waals surface area (Å²) < 4.78 is 26.8. The first-order valence-electron chi connectivity index (χ1n) is 12.1. The second kappa shape index (κ2) is 10.6. The molecule has 0 amide bonds. The molecule has 2 saturated heterocycles. The number of hydrogen-bond donors (Lipinski definition) is 9. The van der Waals surface area contributed by atoms with Gasteiger partial charge in [-0.05, 0) is 6.07 Å². The van der Waals surface area contributed by atoms with Gasteiger partial charge in [-0.15, -0.1) is 0 Å². The molecule has 3 aromatic rings. The lowest BCUT2D eigenvalue weighted by molar-refractivity contribution is -0.292. The molecule has 15 nitrogen and oxygen atoms in total. The van der Waals surface area contributed by atoms with Gasteiger partial charge < -0.3 is 69.3 Å². The van der Waals surface area contributed by atoms with Crippen molar-refractivity contribution in [2.75, 3.05) is 20.3 Å². The Labute approximate surface area is 224 Å². The fraction of sp³-hybridized carbons (Fsp3) is 0.480. The third kappa shape index (κ3) is 4.60. The fourth-order valence-electron chi connectivity index (χ4n) is 4.90. The molecule has 15 heteroatoms. The van der Waals surface area contributed by atoms with Crippen molar-refractivity contribution in [3.63, 3.8) is 0 Å². The Morgan fingerprint density at radius 3 is 2.27 bits per heavy atom. The van der Waals surface area contributed by atoms with Gasteiger partial charge in [0.15, 0.2) is 17.8 Å². The predicted molar refractivity (Wildman–Crippen MR) is 131 cm³/mol. The summed E-state index contributed by atoms with van der Waals surface area (Å²) in [7, 11) is 1.27. The van der Waals surface area contributed by atoms with Crippen molar-refractivity contribution in [3.05, 3.63) is 34.0 Å². The molecule has 0 saturated carbocycles. The van der Waals surface area contributed by atoms with Gasteiger partial charge in [0.2, 0.25) is 5.43 Å². The Hall–Kier alpha value is -3.25. The van der Waals surface area contributed by atoms with Crippen LogP contribution in [-0.2, 0) is 14.2 Å². The molecule has 0 bridgehead atoms. The minimum absolute atomic E-state index is 0.0438. The van der Waals surface area contributed by atoms with Gasteiger partial charge in [0, 0.05) is 12.1 Å². The molecule has 2 aliphatic heterocycles. The van der Waals surface area contributed by atoms with Gasteiger partial charge in [-0.25, -0.2) is 0 Å².